The maximum atomic E-state index is 11.9. The highest BCUT2D eigenvalue weighted by Gasteiger charge is 2.05. The van der Waals surface area contributed by atoms with Crippen molar-refractivity contribution in [2.75, 3.05) is 26.0 Å². The maximum absolute atomic E-state index is 11.9. The largest absolute Gasteiger partial charge is 0.494 e. The van der Waals surface area contributed by atoms with Crippen LogP contribution >= 0.6 is 11.3 Å². The van der Waals surface area contributed by atoms with Crippen molar-refractivity contribution < 1.29 is 9.53 Å². The van der Waals surface area contributed by atoms with Crippen LogP contribution in [0.2, 0.25) is 0 Å². The number of carbonyl (C=O) groups is 1. The van der Waals surface area contributed by atoms with E-state index in [4.69, 9.17) is 4.74 Å². The summed E-state index contributed by atoms with van der Waals surface area (Å²) in [5.74, 6) is 0.634. The standard InChI is InChI=1S/C17H21N3O2S/c1-4-22-15-8-5-13(6-9-15)7-10-16(21)19-17-18-14(12-23-17)11-20(2)3/h5-10,12H,4,11H2,1-3H3,(H,18,19,21)/b10-7+. The van der Waals surface area contributed by atoms with E-state index < -0.39 is 0 Å². The molecule has 0 aliphatic carbocycles. The van der Waals surface area contributed by atoms with E-state index >= 15 is 0 Å². The molecule has 0 atom stereocenters. The quantitative estimate of drug-likeness (QED) is 0.791. The van der Waals surface area contributed by atoms with Crippen molar-refractivity contribution in [1.82, 2.24) is 9.88 Å². The van der Waals surface area contributed by atoms with Gasteiger partial charge in [-0.2, -0.15) is 0 Å². The van der Waals surface area contributed by atoms with Crippen LogP contribution in [0.3, 0.4) is 0 Å². The fourth-order valence-corrected chi connectivity index (χ4v) is 2.63. The zero-order chi connectivity index (χ0) is 16.7. The summed E-state index contributed by atoms with van der Waals surface area (Å²) in [5, 5.41) is 5.34. The lowest BCUT2D eigenvalue weighted by Crippen LogP contribution is -2.11. The van der Waals surface area contributed by atoms with Gasteiger partial charge >= 0.3 is 0 Å². The molecule has 1 aromatic carbocycles. The zero-order valence-electron chi connectivity index (χ0n) is 13.6. The Morgan fingerprint density at radius 3 is 2.74 bits per heavy atom. The van der Waals surface area contributed by atoms with Crippen LogP contribution in [0, 0.1) is 0 Å². The van der Waals surface area contributed by atoms with Crippen molar-refractivity contribution in [2.24, 2.45) is 0 Å². The molecule has 0 aliphatic heterocycles. The van der Waals surface area contributed by atoms with Crippen molar-refractivity contribution in [3.05, 3.63) is 47.0 Å². The number of benzene rings is 1. The number of hydrogen-bond donors (Lipinski definition) is 1. The maximum Gasteiger partial charge on any atom is 0.250 e. The predicted molar refractivity (Wildman–Crippen MR) is 94.8 cm³/mol. The highest BCUT2D eigenvalue weighted by molar-refractivity contribution is 7.13. The predicted octanol–water partition coefficient (Wildman–Crippen LogP) is 3.26. The van der Waals surface area contributed by atoms with Gasteiger partial charge in [0.2, 0.25) is 5.91 Å². The van der Waals surface area contributed by atoms with E-state index in [1.807, 2.05) is 55.6 Å². The Bertz CT molecular complexity index is 663. The first-order valence-corrected chi connectivity index (χ1v) is 8.26. The molecule has 2 aromatic rings. The topological polar surface area (TPSA) is 54.5 Å². The summed E-state index contributed by atoms with van der Waals surface area (Å²) in [6.45, 7) is 3.34. The number of nitrogens with zero attached hydrogens (tertiary/aromatic N) is 2. The van der Waals surface area contributed by atoms with E-state index in [-0.39, 0.29) is 5.91 Å². The molecule has 1 heterocycles. The smallest absolute Gasteiger partial charge is 0.250 e. The molecule has 1 aromatic heterocycles. The Morgan fingerprint density at radius 2 is 2.09 bits per heavy atom. The van der Waals surface area contributed by atoms with Gasteiger partial charge in [0.15, 0.2) is 5.13 Å². The van der Waals surface area contributed by atoms with Crippen LogP contribution in [-0.4, -0.2) is 36.5 Å². The van der Waals surface area contributed by atoms with Gasteiger partial charge in [-0.3, -0.25) is 10.1 Å². The molecule has 1 N–H and O–H groups in total. The number of amides is 1. The zero-order valence-corrected chi connectivity index (χ0v) is 14.4. The summed E-state index contributed by atoms with van der Waals surface area (Å²) in [7, 11) is 3.97. The SMILES string of the molecule is CCOc1ccc(/C=C/C(=O)Nc2nc(CN(C)C)cs2)cc1. The van der Waals surface area contributed by atoms with E-state index in [1.165, 1.54) is 17.4 Å². The second-order valence-electron chi connectivity index (χ2n) is 5.21. The van der Waals surface area contributed by atoms with Crippen LogP contribution in [-0.2, 0) is 11.3 Å². The molecular formula is C17H21N3O2S. The first-order valence-electron chi connectivity index (χ1n) is 7.38. The highest BCUT2D eigenvalue weighted by Crippen LogP contribution is 2.17. The number of aromatic nitrogens is 1. The minimum atomic E-state index is -0.190. The van der Waals surface area contributed by atoms with Gasteiger partial charge in [0, 0.05) is 18.0 Å². The number of carbonyl (C=O) groups excluding carboxylic acids is 1. The average molecular weight is 331 g/mol. The fraction of sp³-hybridized carbons (Fsp3) is 0.294. The normalized spacial score (nSPS) is 11.1. The van der Waals surface area contributed by atoms with Crippen molar-refractivity contribution in [3.63, 3.8) is 0 Å². The molecule has 0 saturated carbocycles. The highest BCUT2D eigenvalue weighted by atomic mass is 32.1. The summed E-state index contributed by atoms with van der Waals surface area (Å²) in [6, 6.07) is 7.59. The second kappa shape index (κ2) is 8.45. The Balaban J connectivity index is 1.89. The molecule has 0 spiro atoms. The Kier molecular flexibility index (Phi) is 6.31. The molecule has 0 aliphatic rings. The molecular weight excluding hydrogens is 310 g/mol. The molecule has 6 heteroatoms. The molecule has 122 valence electrons. The number of ether oxygens (including phenoxy) is 1. The van der Waals surface area contributed by atoms with Crippen LogP contribution in [0.25, 0.3) is 6.08 Å². The number of rotatable bonds is 7. The minimum absolute atomic E-state index is 0.190. The average Bonchev–Trinajstić information content (AvgIpc) is 2.93. The number of nitrogens with one attached hydrogen (secondary N) is 1. The third kappa shape index (κ3) is 5.84. The Hall–Kier alpha value is -2.18. The van der Waals surface area contributed by atoms with Crippen molar-refractivity contribution in [3.8, 4) is 5.75 Å². The van der Waals surface area contributed by atoms with Gasteiger partial charge in [0.25, 0.3) is 0 Å². The van der Waals surface area contributed by atoms with Gasteiger partial charge in [-0.25, -0.2) is 4.98 Å². The first-order chi connectivity index (χ1) is 11.1. The summed E-state index contributed by atoms with van der Waals surface area (Å²) in [5.41, 5.74) is 1.89. The summed E-state index contributed by atoms with van der Waals surface area (Å²) >= 11 is 1.43. The monoisotopic (exact) mass is 331 g/mol. The Labute approximate surface area is 140 Å². The number of thiazole rings is 1. The molecule has 0 radical (unpaired) electrons. The first kappa shape index (κ1) is 17.2. The molecule has 0 fully saturated rings. The van der Waals surface area contributed by atoms with Gasteiger partial charge < -0.3 is 9.64 Å². The van der Waals surface area contributed by atoms with Crippen LogP contribution in [0.15, 0.2) is 35.7 Å². The van der Waals surface area contributed by atoms with Crippen LogP contribution < -0.4 is 10.1 Å². The van der Waals surface area contributed by atoms with E-state index in [1.54, 1.807) is 6.08 Å². The molecule has 0 unspecified atom stereocenters. The molecule has 5 nitrogen and oxygen atoms in total. The molecule has 0 saturated heterocycles. The second-order valence-corrected chi connectivity index (χ2v) is 6.06. The van der Waals surface area contributed by atoms with Gasteiger partial charge in [-0.15, -0.1) is 11.3 Å². The molecule has 23 heavy (non-hydrogen) atoms. The van der Waals surface area contributed by atoms with Crippen LogP contribution in [0.5, 0.6) is 5.75 Å². The lowest BCUT2D eigenvalue weighted by molar-refractivity contribution is -0.111. The summed E-state index contributed by atoms with van der Waals surface area (Å²) in [6.07, 6.45) is 3.27. The Morgan fingerprint density at radius 1 is 1.35 bits per heavy atom. The van der Waals surface area contributed by atoms with E-state index in [0.29, 0.717) is 11.7 Å². The van der Waals surface area contributed by atoms with E-state index in [9.17, 15) is 4.79 Å². The molecule has 1 amide bonds. The van der Waals surface area contributed by atoms with Crippen molar-refractivity contribution in [2.45, 2.75) is 13.5 Å². The van der Waals surface area contributed by atoms with Crippen LogP contribution in [0.4, 0.5) is 5.13 Å². The minimum Gasteiger partial charge on any atom is -0.494 e. The molecule has 2 rings (SSSR count). The van der Waals surface area contributed by atoms with Gasteiger partial charge in [0.05, 0.1) is 12.3 Å². The summed E-state index contributed by atoms with van der Waals surface area (Å²) in [4.78, 5) is 18.3. The van der Waals surface area contributed by atoms with Crippen molar-refractivity contribution in [1.29, 1.82) is 0 Å². The number of anilines is 1. The fourth-order valence-electron chi connectivity index (χ4n) is 1.92. The van der Waals surface area contributed by atoms with Gasteiger partial charge in [0.1, 0.15) is 5.75 Å². The van der Waals surface area contributed by atoms with E-state index in [2.05, 4.69) is 10.3 Å². The summed E-state index contributed by atoms with van der Waals surface area (Å²) < 4.78 is 5.38. The van der Waals surface area contributed by atoms with Crippen LogP contribution in [0.1, 0.15) is 18.2 Å². The lowest BCUT2D eigenvalue weighted by Gasteiger charge is -2.05. The van der Waals surface area contributed by atoms with Gasteiger partial charge in [-0.05, 0) is 44.8 Å². The van der Waals surface area contributed by atoms with Crippen molar-refractivity contribution >= 4 is 28.5 Å². The van der Waals surface area contributed by atoms with Gasteiger partial charge in [-0.1, -0.05) is 12.1 Å². The number of hydrogen-bond acceptors (Lipinski definition) is 5. The third-order valence-corrected chi connectivity index (χ3v) is 3.68. The third-order valence-electron chi connectivity index (χ3n) is 2.88. The lowest BCUT2D eigenvalue weighted by atomic mass is 10.2. The van der Waals surface area contributed by atoms with E-state index in [0.717, 1.165) is 23.6 Å². The molecule has 0 bridgehead atoms.